The van der Waals surface area contributed by atoms with Crippen LogP contribution in [0.2, 0.25) is 0 Å². The van der Waals surface area contributed by atoms with Gasteiger partial charge in [0.25, 0.3) is 10.1 Å². The van der Waals surface area contributed by atoms with E-state index in [1.807, 2.05) is 12.2 Å². The number of β-amino-alcohol motifs (C(OH)–C–C–N with tert-alkyl or cyclic N) is 1. The minimum atomic E-state index is -4.14. The van der Waals surface area contributed by atoms with Gasteiger partial charge in [-0.25, -0.2) is 0 Å². The van der Waals surface area contributed by atoms with Gasteiger partial charge in [0, 0.05) is 6.54 Å². The fourth-order valence-corrected chi connectivity index (χ4v) is 2.08. The second-order valence-electron chi connectivity index (χ2n) is 3.55. The summed E-state index contributed by atoms with van der Waals surface area (Å²) in [6, 6.07) is -0.0685. The summed E-state index contributed by atoms with van der Waals surface area (Å²) in [5, 5.41) is 9.48. The molecular weight excluding hydrogens is 230 g/mol. The van der Waals surface area contributed by atoms with Gasteiger partial charge in [-0.05, 0) is 12.3 Å². The van der Waals surface area contributed by atoms with Crippen LogP contribution >= 0.6 is 0 Å². The molecule has 0 spiro atoms. The molecule has 2 N–H and O–H groups in total. The Kier molecular flexibility index (Phi) is 4.28. The third-order valence-electron chi connectivity index (χ3n) is 2.15. The Bertz CT molecular complexity index is 399. The highest BCUT2D eigenvalue weighted by atomic mass is 32.2. The van der Waals surface area contributed by atoms with Crippen molar-refractivity contribution in [2.45, 2.75) is 12.1 Å². The first-order chi connectivity index (χ1) is 7.42. The summed E-state index contributed by atoms with van der Waals surface area (Å²) < 4.78 is 29.7. The number of aliphatic hydroxyl groups is 1. The van der Waals surface area contributed by atoms with Crippen LogP contribution in [0.15, 0.2) is 37.1 Å². The Morgan fingerprint density at radius 3 is 2.75 bits per heavy atom. The average molecular weight is 245 g/mol. The summed E-state index contributed by atoms with van der Waals surface area (Å²) in [6.45, 7) is 3.76. The molecule has 0 saturated carbocycles. The lowest BCUT2D eigenvalue weighted by Crippen LogP contribution is -2.38. The van der Waals surface area contributed by atoms with Gasteiger partial charge < -0.3 is 10.0 Å². The van der Waals surface area contributed by atoms with Crippen LogP contribution in [0.5, 0.6) is 0 Å². The second-order valence-corrected chi connectivity index (χ2v) is 5.05. The maximum atomic E-state index is 10.6. The second kappa shape index (κ2) is 5.29. The van der Waals surface area contributed by atoms with Crippen LogP contribution in [0.1, 0.15) is 0 Å². The average Bonchev–Trinajstić information content (AvgIpc) is 2.15. The molecule has 0 aromatic heterocycles. The van der Waals surface area contributed by atoms with Crippen LogP contribution in [-0.2, 0) is 10.1 Å². The normalized spacial score (nSPS) is 22.1. The molecule has 5 nitrogen and oxygen atoms in total. The Hall–Kier alpha value is -1.11. The Balaban J connectivity index is 2.56. The van der Waals surface area contributed by atoms with Gasteiger partial charge in [0.05, 0.1) is 12.1 Å². The summed E-state index contributed by atoms with van der Waals surface area (Å²) in [5.41, 5.74) is 0. The molecule has 1 heterocycles. The van der Waals surface area contributed by atoms with Crippen molar-refractivity contribution in [3.8, 4) is 0 Å². The van der Waals surface area contributed by atoms with Crippen molar-refractivity contribution in [3.05, 3.63) is 37.1 Å². The molecule has 16 heavy (non-hydrogen) atoms. The van der Waals surface area contributed by atoms with E-state index in [9.17, 15) is 13.5 Å². The standard InChI is InChI=1S/C10H15NO4S/c1-2-9-5-3-4-6-11(9)7-10(12)8-16(13,14)15/h2-6,9-10,12H,1,7-8H2,(H,13,14,15). The van der Waals surface area contributed by atoms with E-state index >= 15 is 0 Å². The number of nitrogens with zero attached hydrogens (tertiary/aromatic N) is 1. The molecule has 0 amide bonds. The van der Waals surface area contributed by atoms with Gasteiger partial charge in [0.1, 0.15) is 5.75 Å². The first kappa shape index (κ1) is 13.0. The van der Waals surface area contributed by atoms with Crippen molar-refractivity contribution in [3.63, 3.8) is 0 Å². The molecule has 1 aliphatic heterocycles. The van der Waals surface area contributed by atoms with E-state index < -0.39 is 22.0 Å². The smallest absolute Gasteiger partial charge is 0.267 e. The van der Waals surface area contributed by atoms with E-state index in [1.165, 1.54) is 0 Å². The Morgan fingerprint density at radius 2 is 2.19 bits per heavy atom. The fraction of sp³-hybridized carbons (Fsp3) is 0.400. The van der Waals surface area contributed by atoms with Gasteiger partial charge in [-0.15, -0.1) is 6.58 Å². The highest BCUT2D eigenvalue weighted by molar-refractivity contribution is 7.85. The molecule has 0 fully saturated rings. The van der Waals surface area contributed by atoms with Crippen LogP contribution in [0.3, 0.4) is 0 Å². The summed E-state index contributed by atoms with van der Waals surface area (Å²) in [6.07, 6.45) is 7.78. The van der Waals surface area contributed by atoms with Gasteiger partial charge in [0.15, 0.2) is 0 Å². The topological polar surface area (TPSA) is 77.8 Å². The maximum absolute atomic E-state index is 10.6. The lowest BCUT2D eigenvalue weighted by molar-refractivity contribution is 0.147. The van der Waals surface area contributed by atoms with Gasteiger partial charge in [-0.2, -0.15) is 8.42 Å². The first-order valence-electron chi connectivity index (χ1n) is 4.79. The zero-order valence-corrected chi connectivity index (χ0v) is 9.55. The van der Waals surface area contributed by atoms with Crippen LogP contribution in [-0.4, -0.2) is 47.4 Å². The van der Waals surface area contributed by atoms with Crippen molar-refractivity contribution >= 4 is 10.1 Å². The lowest BCUT2D eigenvalue weighted by Gasteiger charge is -2.29. The first-order valence-corrected chi connectivity index (χ1v) is 6.40. The number of allylic oxidation sites excluding steroid dienone is 2. The quantitative estimate of drug-likeness (QED) is 0.533. The minimum Gasteiger partial charge on any atom is -0.390 e. The molecule has 0 saturated heterocycles. The highest BCUT2D eigenvalue weighted by Crippen LogP contribution is 2.10. The highest BCUT2D eigenvalue weighted by Gasteiger charge is 2.19. The van der Waals surface area contributed by atoms with Crippen molar-refractivity contribution in [1.82, 2.24) is 4.90 Å². The number of hydrogen-bond acceptors (Lipinski definition) is 4. The molecular formula is C10H15NO4S. The molecule has 0 aromatic carbocycles. The van der Waals surface area contributed by atoms with Crippen LogP contribution in [0.4, 0.5) is 0 Å². The van der Waals surface area contributed by atoms with Gasteiger partial charge in [-0.3, -0.25) is 4.55 Å². The Morgan fingerprint density at radius 1 is 1.50 bits per heavy atom. The third kappa shape index (κ3) is 4.18. The molecule has 0 aliphatic carbocycles. The number of aliphatic hydroxyl groups excluding tert-OH is 1. The molecule has 0 radical (unpaired) electrons. The fourth-order valence-electron chi connectivity index (χ4n) is 1.48. The van der Waals surface area contributed by atoms with Crippen molar-refractivity contribution in [1.29, 1.82) is 0 Å². The van der Waals surface area contributed by atoms with E-state index in [0.717, 1.165) is 0 Å². The van der Waals surface area contributed by atoms with Crippen LogP contribution in [0.25, 0.3) is 0 Å². The van der Waals surface area contributed by atoms with Gasteiger partial charge in [0.2, 0.25) is 0 Å². The summed E-state index contributed by atoms with van der Waals surface area (Å²) in [5.74, 6) is -0.662. The van der Waals surface area contributed by atoms with Gasteiger partial charge >= 0.3 is 0 Å². The Labute approximate surface area is 95.1 Å². The molecule has 90 valence electrons. The largest absolute Gasteiger partial charge is 0.390 e. The van der Waals surface area contributed by atoms with E-state index in [1.54, 1.807) is 23.3 Å². The molecule has 2 unspecified atom stereocenters. The van der Waals surface area contributed by atoms with Crippen LogP contribution in [0, 0.1) is 0 Å². The lowest BCUT2D eigenvalue weighted by atomic mass is 10.1. The molecule has 0 bridgehead atoms. The van der Waals surface area contributed by atoms with E-state index in [4.69, 9.17) is 4.55 Å². The number of hydrogen-bond donors (Lipinski definition) is 2. The zero-order valence-electron chi connectivity index (χ0n) is 8.73. The predicted octanol–water partition coefficient (Wildman–Crippen LogP) is 0.175. The summed E-state index contributed by atoms with van der Waals surface area (Å²) >= 11 is 0. The van der Waals surface area contributed by atoms with Crippen molar-refractivity contribution in [2.24, 2.45) is 0 Å². The molecule has 1 rings (SSSR count). The minimum absolute atomic E-state index is 0.0685. The van der Waals surface area contributed by atoms with E-state index in [0.29, 0.717) is 0 Å². The van der Waals surface area contributed by atoms with Gasteiger partial charge in [-0.1, -0.05) is 18.2 Å². The van der Waals surface area contributed by atoms with E-state index in [-0.39, 0.29) is 12.6 Å². The molecule has 2 atom stereocenters. The zero-order chi connectivity index (χ0) is 12.2. The molecule has 0 aromatic rings. The SMILES string of the molecule is C=CC1C=CC=CN1CC(O)CS(=O)(=O)O. The molecule has 6 heteroatoms. The monoisotopic (exact) mass is 245 g/mol. The summed E-state index contributed by atoms with van der Waals surface area (Å²) in [4.78, 5) is 1.74. The number of rotatable bonds is 5. The third-order valence-corrected chi connectivity index (χ3v) is 2.95. The maximum Gasteiger partial charge on any atom is 0.267 e. The van der Waals surface area contributed by atoms with Crippen molar-refractivity contribution < 1.29 is 18.1 Å². The predicted molar refractivity (Wildman–Crippen MR) is 61.4 cm³/mol. The molecule has 1 aliphatic rings. The van der Waals surface area contributed by atoms with Crippen LogP contribution < -0.4 is 0 Å². The van der Waals surface area contributed by atoms with Crippen molar-refractivity contribution in [2.75, 3.05) is 12.3 Å². The van der Waals surface area contributed by atoms with E-state index in [2.05, 4.69) is 6.58 Å². The summed E-state index contributed by atoms with van der Waals surface area (Å²) in [7, 11) is -4.14.